The maximum atomic E-state index is 5.67. The van der Waals surface area contributed by atoms with E-state index in [1.807, 2.05) is 22.7 Å². The SMILES string of the molecule is Cc1c(C)c2cc(C(C)(C)C)sc2c2sc(-c3ccc(C(C)(C)C)c4nc(-c5ccc6c7ccccc7n(C)c6c5)c(-c5ccccc5)nc34)cc12. The lowest BCUT2D eigenvalue weighted by atomic mass is 9.85. The second kappa shape index (κ2) is 11.6. The molecule has 0 spiro atoms. The molecule has 5 heteroatoms. The fraction of sp³-hybridized carbons (Fsp3) is 0.234. The standard InChI is InChI=1S/C47H43N3S2/c1-26-27(2)34-25-39(47(6,7)8)52-45(34)44-33(26)24-38(51-44)32-21-22-35(46(3,4)5)43-42(32)48-40(28-15-11-10-12-16-28)41(49-43)29-19-20-31-30-17-13-14-18-36(30)50(9)37(31)23-29/h10-25H,1-9H3. The normalized spacial score (nSPS) is 12.7. The predicted molar refractivity (Wildman–Crippen MR) is 227 cm³/mol. The van der Waals surface area contributed by atoms with Crippen molar-refractivity contribution in [1.82, 2.24) is 14.5 Å². The maximum absolute atomic E-state index is 5.67. The summed E-state index contributed by atoms with van der Waals surface area (Å²) in [5, 5.41) is 5.25. The molecule has 0 N–H and O–H groups in total. The van der Waals surface area contributed by atoms with Crippen LogP contribution in [0.2, 0.25) is 0 Å². The molecule has 0 aliphatic heterocycles. The zero-order chi connectivity index (χ0) is 36.3. The van der Waals surface area contributed by atoms with Crippen molar-refractivity contribution in [3.8, 4) is 33.0 Å². The van der Waals surface area contributed by atoms with Crippen LogP contribution in [0.25, 0.3) is 86.0 Å². The number of thiophene rings is 2. The highest BCUT2D eigenvalue weighted by atomic mass is 32.1. The van der Waals surface area contributed by atoms with Crippen molar-refractivity contribution in [2.45, 2.75) is 66.2 Å². The number of fused-ring (bicyclic) bond motifs is 7. The lowest BCUT2D eigenvalue weighted by Gasteiger charge is -2.23. The Hall–Kier alpha value is -4.84. The average Bonchev–Trinajstić information content (AvgIpc) is 3.85. The van der Waals surface area contributed by atoms with E-state index < -0.39 is 0 Å². The number of hydrogen-bond acceptors (Lipinski definition) is 4. The minimum Gasteiger partial charge on any atom is -0.344 e. The summed E-state index contributed by atoms with van der Waals surface area (Å²) < 4.78 is 5.07. The third-order valence-corrected chi connectivity index (χ3v) is 13.8. The highest BCUT2D eigenvalue weighted by Crippen LogP contribution is 2.48. The molecule has 0 amide bonds. The summed E-state index contributed by atoms with van der Waals surface area (Å²) in [6.07, 6.45) is 0. The minimum absolute atomic E-state index is 0.106. The van der Waals surface area contributed by atoms with Crippen molar-refractivity contribution in [3.05, 3.63) is 119 Å². The zero-order valence-electron chi connectivity index (χ0n) is 31.4. The summed E-state index contributed by atoms with van der Waals surface area (Å²) in [5.74, 6) is 0. The Bertz CT molecular complexity index is 2890. The van der Waals surface area contributed by atoms with Crippen LogP contribution in [-0.4, -0.2) is 14.5 Å². The molecule has 258 valence electrons. The first-order valence-corrected chi connectivity index (χ1v) is 19.8. The van der Waals surface area contributed by atoms with Gasteiger partial charge in [0.1, 0.15) is 0 Å². The highest BCUT2D eigenvalue weighted by molar-refractivity contribution is 7.29. The lowest BCUT2D eigenvalue weighted by molar-refractivity contribution is 0.594. The van der Waals surface area contributed by atoms with E-state index in [0.29, 0.717) is 0 Å². The molecule has 5 aromatic carbocycles. The van der Waals surface area contributed by atoms with Crippen molar-refractivity contribution in [1.29, 1.82) is 0 Å². The summed E-state index contributed by atoms with van der Waals surface area (Å²) in [5.41, 5.74) is 13.4. The molecule has 0 aliphatic rings. The Labute approximate surface area is 313 Å². The first kappa shape index (κ1) is 33.0. The molecule has 9 aromatic rings. The van der Waals surface area contributed by atoms with Crippen molar-refractivity contribution in [3.63, 3.8) is 0 Å². The Morgan fingerprint density at radius 1 is 0.538 bits per heavy atom. The van der Waals surface area contributed by atoms with Crippen LogP contribution in [-0.2, 0) is 17.9 Å². The van der Waals surface area contributed by atoms with E-state index in [1.54, 1.807) is 0 Å². The maximum Gasteiger partial charge on any atom is 0.0984 e. The summed E-state index contributed by atoms with van der Waals surface area (Å²) in [6, 6.07) is 35.5. The lowest BCUT2D eigenvalue weighted by Crippen LogP contribution is -2.13. The van der Waals surface area contributed by atoms with Crippen molar-refractivity contribution >= 4 is 75.7 Å². The quantitative estimate of drug-likeness (QED) is 0.182. The Balaban J connectivity index is 1.34. The summed E-state index contributed by atoms with van der Waals surface area (Å²) >= 11 is 3.86. The van der Waals surface area contributed by atoms with Gasteiger partial charge in [0.25, 0.3) is 0 Å². The van der Waals surface area contributed by atoms with Gasteiger partial charge < -0.3 is 4.57 Å². The van der Waals surface area contributed by atoms with Crippen LogP contribution in [0.15, 0.2) is 97.1 Å². The van der Waals surface area contributed by atoms with Crippen molar-refractivity contribution in [2.24, 2.45) is 7.05 Å². The highest BCUT2D eigenvalue weighted by Gasteiger charge is 2.26. The van der Waals surface area contributed by atoms with Gasteiger partial charge in [-0.15, -0.1) is 22.7 Å². The molecular formula is C47H43N3S2. The summed E-state index contributed by atoms with van der Waals surface area (Å²) in [6.45, 7) is 18.4. The number of rotatable bonds is 3. The van der Waals surface area contributed by atoms with E-state index in [4.69, 9.17) is 9.97 Å². The van der Waals surface area contributed by atoms with Crippen LogP contribution in [0.5, 0.6) is 0 Å². The van der Waals surface area contributed by atoms with Gasteiger partial charge in [-0.3, -0.25) is 0 Å². The van der Waals surface area contributed by atoms with Crippen molar-refractivity contribution in [2.75, 3.05) is 0 Å². The Kier molecular flexibility index (Phi) is 7.36. The van der Waals surface area contributed by atoms with Crippen molar-refractivity contribution < 1.29 is 0 Å². The molecule has 4 heterocycles. The number of aromatic nitrogens is 3. The largest absolute Gasteiger partial charge is 0.344 e. The third kappa shape index (κ3) is 5.04. The molecule has 0 bridgehead atoms. The van der Waals surface area contributed by atoms with E-state index in [2.05, 4.69) is 164 Å². The van der Waals surface area contributed by atoms with E-state index in [0.717, 1.165) is 39.1 Å². The second-order valence-electron chi connectivity index (χ2n) is 16.4. The van der Waals surface area contributed by atoms with Gasteiger partial charge in [-0.25, -0.2) is 9.97 Å². The van der Waals surface area contributed by atoms with E-state index in [9.17, 15) is 0 Å². The van der Waals surface area contributed by atoms with Crippen LogP contribution in [0, 0.1) is 13.8 Å². The molecule has 0 saturated heterocycles. The number of para-hydroxylation sites is 1. The minimum atomic E-state index is -0.128. The fourth-order valence-electron chi connectivity index (χ4n) is 7.83. The Morgan fingerprint density at radius 2 is 1.17 bits per heavy atom. The molecule has 4 aromatic heterocycles. The predicted octanol–water partition coefficient (Wildman–Crippen LogP) is 13.9. The molecule has 9 rings (SSSR count). The number of benzene rings is 5. The molecule has 0 aliphatic carbocycles. The molecule has 0 unspecified atom stereocenters. The fourth-order valence-corrected chi connectivity index (χ4v) is 10.5. The molecular weight excluding hydrogens is 671 g/mol. The second-order valence-corrected chi connectivity index (χ2v) is 18.5. The summed E-state index contributed by atoms with van der Waals surface area (Å²) in [7, 11) is 2.16. The molecule has 0 saturated carbocycles. The molecule has 0 radical (unpaired) electrons. The monoisotopic (exact) mass is 713 g/mol. The molecule has 0 atom stereocenters. The molecule has 0 fully saturated rings. The zero-order valence-corrected chi connectivity index (χ0v) is 33.0. The van der Waals surface area contributed by atoms with Gasteiger partial charge in [-0.1, -0.05) is 114 Å². The van der Waals surface area contributed by atoms with Crippen LogP contribution in [0.1, 0.15) is 63.1 Å². The molecule has 52 heavy (non-hydrogen) atoms. The van der Waals surface area contributed by atoms with Crippen LogP contribution in [0.4, 0.5) is 0 Å². The van der Waals surface area contributed by atoms with Crippen LogP contribution in [0.3, 0.4) is 0 Å². The number of hydrogen-bond donors (Lipinski definition) is 0. The van der Waals surface area contributed by atoms with Gasteiger partial charge in [0, 0.05) is 55.3 Å². The van der Waals surface area contributed by atoms with E-state index >= 15 is 0 Å². The topological polar surface area (TPSA) is 30.7 Å². The molecule has 3 nitrogen and oxygen atoms in total. The van der Waals surface area contributed by atoms with Gasteiger partial charge in [-0.05, 0) is 76.4 Å². The third-order valence-electron chi connectivity index (χ3n) is 10.9. The van der Waals surface area contributed by atoms with E-state index in [-0.39, 0.29) is 10.8 Å². The Morgan fingerprint density at radius 3 is 1.90 bits per heavy atom. The average molecular weight is 714 g/mol. The van der Waals surface area contributed by atoms with E-state index in [1.165, 1.54) is 68.4 Å². The first-order chi connectivity index (χ1) is 24.8. The number of nitrogens with zero attached hydrogens (tertiary/aromatic N) is 3. The van der Waals surface area contributed by atoms with Crippen LogP contribution < -0.4 is 0 Å². The van der Waals surface area contributed by atoms with Gasteiger partial charge in [0.05, 0.1) is 31.8 Å². The van der Waals surface area contributed by atoms with Gasteiger partial charge in [0.2, 0.25) is 0 Å². The summed E-state index contributed by atoms with van der Waals surface area (Å²) in [4.78, 5) is 14.0. The van der Waals surface area contributed by atoms with Gasteiger partial charge in [-0.2, -0.15) is 0 Å². The van der Waals surface area contributed by atoms with Gasteiger partial charge >= 0.3 is 0 Å². The number of aryl methyl sites for hydroxylation is 3. The smallest absolute Gasteiger partial charge is 0.0984 e. The van der Waals surface area contributed by atoms with Gasteiger partial charge in [0.15, 0.2) is 0 Å². The van der Waals surface area contributed by atoms with Crippen LogP contribution >= 0.6 is 22.7 Å². The first-order valence-electron chi connectivity index (χ1n) is 18.1.